The Morgan fingerprint density at radius 1 is 1.18 bits per heavy atom. The van der Waals surface area contributed by atoms with Gasteiger partial charge in [0.2, 0.25) is 5.91 Å². The van der Waals surface area contributed by atoms with Gasteiger partial charge >= 0.3 is 0 Å². The molecule has 1 aromatic carbocycles. The highest BCUT2D eigenvalue weighted by Crippen LogP contribution is 2.30. The van der Waals surface area contributed by atoms with Crippen molar-refractivity contribution in [1.29, 1.82) is 0 Å². The monoisotopic (exact) mass is 522 g/mol. The van der Waals surface area contributed by atoms with Gasteiger partial charge in [-0.05, 0) is 63.1 Å². The molecular weight excluding hydrogens is 480 g/mol. The highest BCUT2D eigenvalue weighted by atomic mass is 16.5. The minimum atomic E-state index is -0.290. The van der Waals surface area contributed by atoms with E-state index in [4.69, 9.17) is 4.74 Å². The highest BCUT2D eigenvalue weighted by molar-refractivity contribution is 6.04. The number of hydrogen-bond acceptors (Lipinski definition) is 6. The molecular formula is C30H42N4O4. The molecule has 2 aromatic rings. The van der Waals surface area contributed by atoms with Gasteiger partial charge < -0.3 is 25.0 Å². The van der Waals surface area contributed by atoms with Gasteiger partial charge in [0.15, 0.2) is 0 Å². The zero-order valence-corrected chi connectivity index (χ0v) is 22.9. The summed E-state index contributed by atoms with van der Waals surface area (Å²) >= 11 is 0. The lowest BCUT2D eigenvalue weighted by molar-refractivity contribution is -0.134. The summed E-state index contributed by atoms with van der Waals surface area (Å²) in [6.07, 6.45) is 9.73. The molecule has 4 rings (SSSR count). The van der Waals surface area contributed by atoms with Gasteiger partial charge in [-0.1, -0.05) is 26.2 Å². The molecule has 2 N–H and O–H groups in total. The molecule has 38 heavy (non-hydrogen) atoms. The lowest BCUT2D eigenvalue weighted by Crippen LogP contribution is -2.48. The second kappa shape index (κ2) is 13.2. The van der Waals surface area contributed by atoms with Crippen LogP contribution in [0.5, 0.6) is 5.75 Å². The van der Waals surface area contributed by atoms with Crippen LogP contribution in [0.4, 0.5) is 5.69 Å². The van der Waals surface area contributed by atoms with Gasteiger partial charge in [-0.2, -0.15) is 0 Å². The SMILES string of the molecule is C[C@H]1CN([C@@H](C)CO)C(=O)Cc2cc(NC(=O)c3ccncc3)ccc2O[C@@H]1CN(C)CC1CCCCC1. The first-order valence-corrected chi connectivity index (χ1v) is 13.9. The first kappa shape index (κ1) is 28.0. The Kier molecular flexibility index (Phi) is 9.74. The van der Waals surface area contributed by atoms with Crippen molar-refractivity contribution in [3.63, 3.8) is 0 Å². The molecule has 2 heterocycles. The number of benzene rings is 1. The number of nitrogens with zero attached hydrogens (tertiary/aromatic N) is 3. The summed E-state index contributed by atoms with van der Waals surface area (Å²) in [5.41, 5.74) is 1.84. The van der Waals surface area contributed by atoms with Crippen molar-refractivity contribution in [1.82, 2.24) is 14.8 Å². The predicted octanol–water partition coefficient (Wildman–Crippen LogP) is 4.00. The topological polar surface area (TPSA) is 95.0 Å². The number of anilines is 1. The molecule has 1 aliphatic heterocycles. The van der Waals surface area contributed by atoms with Gasteiger partial charge in [0.25, 0.3) is 5.91 Å². The van der Waals surface area contributed by atoms with Crippen LogP contribution in [0.15, 0.2) is 42.7 Å². The van der Waals surface area contributed by atoms with Crippen molar-refractivity contribution in [2.75, 3.05) is 38.6 Å². The number of rotatable bonds is 8. The van der Waals surface area contributed by atoms with Crippen LogP contribution in [0.25, 0.3) is 0 Å². The third-order valence-electron chi connectivity index (χ3n) is 7.90. The number of carbonyl (C=O) groups excluding carboxylic acids is 2. The van der Waals surface area contributed by atoms with E-state index in [1.165, 1.54) is 32.1 Å². The van der Waals surface area contributed by atoms with Crippen LogP contribution in [0.3, 0.4) is 0 Å². The molecule has 3 atom stereocenters. The van der Waals surface area contributed by atoms with E-state index in [9.17, 15) is 14.7 Å². The number of aromatic nitrogens is 1. The van der Waals surface area contributed by atoms with E-state index in [1.807, 2.05) is 25.1 Å². The van der Waals surface area contributed by atoms with Gasteiger partial charge in [-0.15, -0.1) is 0 Å². The summed E-state index contributed by atoms with van der Waals surface area (Å²) in [5.74, 6) is 1.17. The van der Waals surface area contributed by atoms with Gasteiger partial charge in [-0.25, -0.2) is 0 Å². The van der Waals surface area contributed by atoms with Crippen LogP contribution in [0, 0.1) is 11.8 Å². The molecule has 1 saturated carbocycles. The fraction of sp³-hybridized carbons (Fsp3) is 0.567. The lowest BCUT2D eigenvalue weighted by atomic mass is 9.89. The maximum atomic E-state index is 13.4. The molecule has 0 radical (unpaired) electrons. The van der Waals surface area contributed by atoms with Crippen molar-refractivity contribution in [3.8, 4) is 5.75 Å². The molecule has 2 amide bonds. The minimum Gasteiger partial charge on any atom is -0.488 e. The van der Waals surface area contributed by atoms with E-state index in [-0.39, 0.29) is 42.9 Å². The average Bonchev–Trinajstić information content (AvgIpc) is 2.97. The second-order valence-corrected chi connectivity index (χ2v) is 11.1. The second-order valence-electron chi connectivity index (χ2n) is 11.1. The Labute approximate surface area is 226 Å². The van der Waals surface area contributed by atoms with Crippen LogP contribution in [-0.2, 0) is 11.2 Å². The average molecular weight is 523 g/mol. The summed E-state index contributed by atoms with van der Waals surface area (Å²) in [4.78, 5) is 34.3. The Morgan fingerprint density at radius 2 is 1.92 bits per heavy atom. The van der Waals surface area contributed by atoms with Crippen LogP contribution in [-0.4, -0.2) is 77.1 Å². The minimum absolute atomic E-state index is 0.0583. The molecule has 8 nitrogen and oxygen atoms in total. The maximum absolute atomic E-state index is 13.4. The third-order valence-corrected chi connectivity index (χ3v) is 7.90. The van der Waals surface area contributed by atoms with Gasteiger partial charge in [0.05, 0.1) is 19.1 Å². The molecule has 0 spiro atoms. The number of aliphatic hydroxyl groups is 1. The van der Waals surface area contributed by atoms with E-state index in [2.05, 4.69) is 29.2 Å². The molecule has 1 fully saturated rings. The van der Waals surface area contributed by atoms with Crippen LogP contribution in [0.2, 0.25) is 0 Å². The molecule has 1 aromatic heterocycles. The summed E-state index contributed by atoms with van der Waals surface area (Å²) in [5, 5.41) is 12.8. The molecule has 0 unspecified atom stereocenters. The Morgan fingerprint density at radius 3 is 2.63 bits per heavy atom. The number of fused-ring (bicyclic) bond motifs is 1. The number of amides is 2. The number of nitrogens with one attached hydrogen (secondary N) is 1. The van der Waals surface area contributed by atoms with E-state index < -0.39 is 0 Å². The number of likely N-dealkylation sites (N-methyl/N-ethyl adjacent to an activating group) is 1. The van der Waals surface area contributed by atoms with Crippen molar-refractivity contribution < 1.29 is 19.4 Å². The normalized spacial score (nSPS) is 21.6. The molecule has 1 aliphatic carbocycles. The number of pyridine rings is 1. The van der Waals surface area contributed by atoms with Crippen molar-refractivity contribution >= 4 is 17.5 Å². The molecule has 0 bridgehead atoms. The summed E-state index contributed by atoms with van der Waals surface area (Å²) in [6, 6.07) is 8.53. The van der Waals surface area contributed by atoms with Crippen LogP contribution in [0.1, 0.15) is 61.9 Å². The van der Waals surface area contributed by atoms with Crippen LogP contribution < -0.4 is 10.1 Å². The molecule has 8 heteroatoms. The van der Waals surface area contributed by atoms with Gasteiger partial charge in [0, 0.05) is 54.8 Å². The third kappa shape index (κ3) is 7.32. The Hall–Kier alpha value is -2.97. The van der Waals surface area contributed by atoms with E-state index in [1.54, 1.807) is 29.4 Å². The summed E-state index contributed by atoms with van der Waals surface area (Å²) < 4.78 is 6.64. The van der Waals surface area contributed by atoms with E-state index in [0.29, 0.717) is 23.5 Å². The zero-order valence-electron chi connectivity index (χ0n) is 22.9. The largest absolute Gasteiger partial charge is 0.488 e. The van der Waals surface area contributed by atoms with E-state index >= 15 is 0 Å². The van der Waals surface area contributed by atoms with Gasteiger partial charge in [0.1, 0.15) is 11.9 Å². The summed E-state index contributed by atoms with van der Waals surface area (Å²) in [7, 11) is 2.16. The first-order valence-electron chi connectivity index (χ1n) is 13.9. The van der Waals surface area contributed by atoms with E-state index in [0.717, 1.165) is 24.6 Å². The number of carbonyl (C=O) groups is 2. The Balaban J connectivity index is 1.57. The number of ether oxygens (including phenoxy) is 1. The molecule has 206 valence electrons. The van der Waals surface area contributed by atoms with Crippen molar-refractivity contribution in [3.05, 3.63) is 53.9 Å². The smallest absolute Gasteiger partial charge is 0.255 e. The van der Waals surface area contributed by atoms with Crippen molar-refractivity contribution in [2.24, 2.45) is 11.8 Å². The van der Waals surface area contributed by atoms with Crippen molar-refractivity contribution in [2.45, 2.75) is 64.5 Å². The fourth-order valence-electron chi connectivity index (χ4n) is 5.62. The Bertz CT molecular complexity index is 1070. The predicted molar refractivity (Wildman–Crippen MR) is 148 cm³/mol. The maximum Gasteiger partial charge on any atom is 0.255 e. The fourth-order valence-corrected chi connectivity index (χ4v) is 5.62. The summed E-state index contributed by atoms with van der Waals surface area (Å²) in [6.45, 7) is 6.22. The number of aliphatic hydroxyl groups excluding tert-OH is 1. The number of hydrogen-bond donors (Lipinski definition) is 2. The molecule has 2 aliphatic rings. The zero-order chi connectivity index (χ0) is 27.1. The highest BCUT2D eigenvalue weighted by Gasteiger charge is 2.31. The first-order chi connectivity index (χ1) is 18.3. The quantitative estimate of drug-likeness (QED) is 0.544. The molecule has 0 saturated heterocycles. The standard InChI is InChI=1S/C30H42N4O4/c1-21-17-34(22(2)20-35)29(36)16-25-15-26(32-30(37)24-11-13-31-14-12-24)9-10-27(25)38-28(21)19-33(3)18-23-7-5-4-6-8-23/h9-15,21-23,28,35H,4-8,16-20H2,1-3H3,(H,32,37)/t21-,22-,28+/m0/s1. The van der Waals surface area contributed by atoms with Crippen LogP contribution >= 0.6 is 0 Å². The lowest BCUT2D eigenvalue weighted by Gasteiger charge is -2.35. The van der Waals surface area contributed by atoms with Gasteiger partial charge in [-0.3, -0.25) is 14.6 Å².